The maximum Gasteiger partial charge on any atom is 0.326 e. The number of carbonyl (C=O) groups is 2. The maximum absolute atomic E-state index is 12.6. The average molecular weight is 432 g/mol. The Kier molecular flexibility index (Phi) is 5.85. The summed E-state index contributed by atoms with van der Waals surface area (Å²) < 4.78 is 5.85. The van der Waals surface area contributed by atoms with Crippen molar-refractivity contribution in [2.24, 2.45) is 0 Å². The number of hydrogen-bond acceptors (Lipinski definition) is 7. The van der Waals surface area contributed by atoms with E-state index in [1.165, 1.54) is 12.1 Å². The third-order valence-corrected chi connectivity index (χ3v) is 5.65. The molecule has 0 bridgehead atoms. The van der Waals surface area contributed by atoms with Gasteiger partial charge in [-0.1, -0.05) is 37.0 Å². The van der Waals surface area contributed by atoms with Crippen molar-refractivity contribution in [2.45, 2.75) is 26.3 Å². The number of aliphatic carboxylic acids is 1. The van der Waals surface area contributed by atoms with E-state index in [0.29, 0.717) is 11.3 Å². The molecule has 150 valence electrons. The Labute approximate surface area is 175 Å². The number of benzene rings is 1. The van der Waals surface area contributed by atoms with Gasteiger partial charge in [0.05, 0.1) is 15.4 Å². The summed E-state index contributed by atoms with van der Waals surface area (Å²) in [5.41, 5.74) is 0.994. The van der Waals surface area contributed by atoms with Crippen LogP contribution in [0.5, 0.6) is 0 Å². The molecule has 1 N–H and O–H groups in total. The van der Waals surface area contributed by atoms with E-state index in [9.17, 15) is 24.8 Å². The van der Waals surface area contributed by atoms with Crippen LogP contribution in [0.3, 0.4) is 0 Å². The monoisotopic (exact) mass is 432 g/mol. The minimum absolute atomic E-state index is 0.0792. The molecule has 2 heterocycles. The first kappa shape index (κ1) is 20.7. The van der Waals surface area contributed by atoms with Crippen molar-refractivity contribution < 1.29 is 24.0 Å². The summed E-state index contributed by atoms with van der Waals surface area (Å²) in [4.78, 5) is 36.2. The Morgan fingerprint density at radius 3 is 2.76 bits per heavy atom. The predicted octanol–water partition coefficient (Wildman–Crippen LogP) is 4.23. The Morgan fingerprint density at radius 2 is 2.14 bits per heavy atom. The second-order valence-electron chi connectivity index (χ2n) is 6.29. The summed E-state index contributed by atoms with van der Waals surface area (Å²) in [6, 6.07) is 6.94. The molecular weight excluding hydrogens is 416 g/mol. The fourth-order valence-electron chi connectivity index (χ4n) is 2.92. The molecule has 0 spiro atoms. The largest absolute Gasteiger partial charge is 0.480 e. The maximum atomic E-state index is 12.6. The van der Waals surface area contributed by atoms with Crippen LogP contribution in [0, 0.1) is 17.0 Å². The standard InChI is InChI=1S/C19H16N2O6S2/c1-3-13(18(23)24)20-17(22)16(29-19(20)28)9-11-5-7-15(27-11)12-6-4-10(2)8-14(12)21(25)26/h4-9,13H,3H2,1-2H3,(H,23,24). The number of carboxylic acids is 1. The van der Waals surface area contributed by atoms with Crippen LogP contribution >= 0.6 is 24.0 Å². The number of rotatable bonds is 6. The summed E-state index contributed by atoms with van der Waals surface area (Å²) in [7, 11) is 0. The molecule has 1 aliphatic heterocycles. The van der Waals surface area contributed by atoms with Crippen molar-refractivity contribution >= 4 is 51.9 Å². The predicted molar refractivity (Wildman–Crippen MR) is 112 cm³/mol. The first-order chi connectivity index (χ1) is 13.7. The number of furan rings is 1. The molecule has 1 aliphatic rings. The molecule has 1 atom stereocenters. The van der Waals surface area contributed by atoms with Crippen LogP contribution in [0.2, 0.25) is 0 Å². The lowest BCUT2D eigenvalue weighted by Crippen LogP contribution is -2.43. The fraction of sp³-hybridized carbons (Fsp3) is 0.211. The second kappa shape index (κ2) is 8.18. The zero-order valence-electron chi connectivity index (χ0n) is 15.4. The Balaban J connectivity index is 1.92. The number of nitro groups is 1. The number of carbonyl (C=O) groups excluding carboxylic acids is 1. The van der Waals surface area contributed by atoms with Gasteiger partial charge in [-0.15, -0.1) is 0 Å². The summed E-state index contributed by atoms with van der Waals surface area (Å²) >= 11 is 6.16. The van der Waals surface area contributed by atoms with E-state index in [1.54, 1.807) is 38.1 Å². The SMILES string of the molecule is CCC(C(=O)O)N1C(=O)C(=Cc2ccc(-c3ccc(C)cc3[N+](=O)[O-])o2)SC1=S. The molecule has 0 aliphatic carbocycles. The normalized spacial score (nSPS) is 16.5. The average Bonchev–Trinajstić information content (AvgIpc) is 3.22. The molecular formula is C19H16N2O6S2. The molecule has 1 saturated heterocycles. The van der Waals surface area contributed by atoms with E-state index in [1.807, 2.05) is 0 Å². The van der Waals surface area contributed by atoms with Crippen LogP contribution in [0.1, 0.15) is 24.7 Å². The van der Waals surface area contributed by atoms with Crippen molar-refractivity contribution in [1.29, 1.82) is 0 Å². The van der Waals surface area contributed by atoms with Crippen LogP contribution < -0.4 is 0 Å². The van der Waals surface area contributed by atoms with Crippen molar-refractivity contribution in [3.63, 3.8) is 0 Å². The van der Waals surface area contributed by atoms with Gasteiger partial charge in [0.1, 0.15) is 21.9 Å². The fourth-order valence-corrected chi connectivity index (χ4v) is 4.26. The minimum atomic E-state index is -1.13. The number of nitrogens with zero attached hydrogens (tertiary/aromatic N) is 2. The molecule has 29 heavy (non-hydrogen) atoms. The van der Waals surface area contributed by atoms with Gasteiger partial charge in [-0.05, 0) is 37.1 Å². The first-order valence-electron chi connectivity index (χ1n) is 8.58. The number of carboxylic acid groups (broad SMARTS) is 1. The molecule has 10 heteroatoms. The number of aryl methyl sites for hydroxylation is 1. The van der Waals surface area contributed by atoms with Crippen LogP contribution in [-0.4, -0.2) is 37.2 Å². The summed E-state index contributed by atoms with van der Waals surface area (Å²) in [5.74, 6) is -1.04. The lowest BCUT2D eigenvalue weighted by molar-refractivity contribution is -0.384. The van der Waals surface area contributed by atoms with Gasteiger partial charge < -0.3 is 9.52 Å². The van der Waals surface area contributed by atoms with E-state index >= 15 is 0 Å². The zero-order chi connectivity index (χ0) is 21.3. The third kappa shape index (κ3) is 4.08. The van der Waals surface area contributed by atoms with Crippen LogP contribution in [0.4, 0.5) is 5.69 Å². The summed E-state index contributed by atoms with van der Waals surface area (Å²) in [5, 5.41) is 20.6. The van der Waals surface area contributed by atoms with E-state index < -0.39 is 22.8 Å². The highest BCUT2D eigenvalue weighted by Crippen LogP contribution is 2.36. The lowest BCUT2D eigenvalue weighted by atomic mass is 10.1. The van der Waals surface area contributed by atoms with Crippen molar-refractivity contribution in [3.05, 3.63) is 56.7 Å². The van der Waals surface area contributed by atoms with Crippen molar-refractivity contribution in [2.75, 3.05) is 0 Å². The molecule has 1 amide bonds. The van der Waals surface area contributed by atoms with Crippen LogP contribution in [0.15, 0.2) is 39.7 Å². The molecule has 1 aromatic carbocycles. The minimum Gasteiger partial charge on any atom is -0.480 e. The van der Waals surface area contributed by atoms with Gasteiger partial charge in [-0.2, -0.15) is 0 Å². The first-order valence-corrected chi connectivity index (χ1v) is 9.80. The second-order valence-corrected chi connectivity index (χ2v) is 7.97. The number of nitro benzene ring substituents is 1. The van der Waals surface area contributed by atoms with Crippen molar-refractivity contribution in [1.82, 2.24) is 4.90 Å². The smallest absolute Gasteiger partial charge is 0.326 e. The number of hydrogen-bond donors (Lipinski definition) is 1. The van der Waals surface area contributed by atoms with Gasteiger partial charge in [-0.25, -0.2) is 4.79 Å². The molecule has 8 nitrogen and oxygen atoms in total. The Hall–Kier alpha value is -2.98. The Bertz CT molecular complexity index is 1060. The van der Waals surface area contributed by atoms with Crippen LogP contribution in [-0.2, 0) is 9.59 Å². The van der Waals surface area contributed by atoms with Crippen LogP contribution in [0.25, 0.3) is 17.4 Å². The molecule has 0 saturated carbocycles. The van der Waals surface area contributed by atoms with Crippen molar-refractivity contribution in [3.8, 4) is 11.3 Å². The van der Waals surface area contributed by atoms with Gasteiger partial charge in [0, 0.05) is 12.1 Å². The van der Waals surface area contributed by atoms with Gasteiger partial charge in [0.2, 0.25) is 0 Å². The van der Waals surface area contributed by atoms with E-state index in [0.717, 1.165) is 22.2 Å². The van der Waals surface area contributed by atoms with Gasteiger partial charge in [0.15, 0.2) is 0 Å². The number of thioether (sulfide) groups is 1. The summed E-state index contributed by atoms with van der Waals surface area (Å²) in [6.07, 6.45) is 1.68. The van der Waals surface area contributed by atoms with Gasteiger partial charge in [0.25, 0.3) is 11.6 Å². The van der Waals surface area contributed by atoms with Gasteiger partial charge in [-0.3, -0.25) is 19.8 Å². The molecule has 1 unspecified atom stereocenters. The Morgan fingerprint density at radius 1 is 1.41 bits per heavy atom. The number of thiocarbonyl (C=S) groups is 1. The lowest BCUT2D eigenvalue weighted by Gasteiger charge is -2.21. The quantitative estimate of drug-likeness (QED) is 0.312. The third-order valence-electron chi connectivity index (χ3n) is 4.32. The summed E-state index contributed by atoms with van der Waals surface area (Å²) in [6.45, 7) is 3.42. The van der Waals surface area contributed by atoms with E-state index in [-0.39, 0.29) is 27.1 Å². The number of amides is 1. The topological polar surface area (TPSA) is 114 Å². The molecule has 1 fully saturated rings. The highest BCUT2D eigenvalue weighted by atomic mass is 32.2. The molecule has 2 aromatic rings. The van der Waals surface area contributed by atoms with E-state index in [4.69, 9.17) is 16.6 Å². The molecule has 3 rings (SSSR count). The molecule has 1 aromatic heterocycles. The van der Waals surface area contributed by atoms with Gasteiger partial charge >= 0.3 is 5.97 Å². The molecule has 0 radical (unpaired) electrons. The highest BCUT2D eigenvalue weighted by molar-refractivity contribution is 8.26. The zero-order valence-corrected chi connectivity index (χ0v) is 17.1. The highest BCUT2D eigenvalue weighted by Gasteiger charge is 2.39. The van der Waals surface area contributed by atoms with E-state index in [2.05, 4.69) is 0 Å².